The summed E-state index contributed by atoms with van der Waals surface area (Å²) in [6.07, 6.45) is 0. The topological polar surface area (TPSA) is 9.23 Å². The van der Waals surface area contributed by atoms with Gasteiger partial charge >= 0.3 is 0 Å². The molecule has 0 rings (SSSR count). The van der Waals surface area contributed by atoms with Gasteiger partial charge in [0.25, 0.3) is 0 Å². The van der Waals surface area contributed by atoms with Crippen LogP contribution in [-0.4, -0.2) is 6.61 Å². The molecule has 0 amide bonds. The first-order valence-corrected chi connectivity index (χ1v) is 4.45. The van der Waals surface area contributed by atoms with E-state index >= 15 is 0 Å². The summed E-state index contributed by atoms with van der Waals surface area (Å²) in [5.74, 6) is 0.873. The molecule has 0 aliphatic carbocycles. The lowest BCUT2D eigenvalue weighted by atomic mass is 9.94. The van der Waals surface area contributed by atoms with Crippen molar-refractivity contribution in [2.24, 2.45) is 10.8 Å². The lowest BCUT2D eigenvalue weighted by molar-refractivity contribution is 0.0920. The molecule has 1 heteroatoms. The van der Waals surface area contributed by atoms with Crippen LogP contribution in [0, 0.1) is 10.8 Å². The van der Waals surface area contributed by atoms with Crippen molar-refractivity contribution in [3.05, 3.63) is 12.3 Å². The Bertz CT molecular complexity index is 155. The van der Waals surface area contributed by atoms with Gasteiger partial charge in [0.15, 0.2) is 0 Å². The average Bonchev–Trinajstić information content (AvgIpc) is 1.78. The van der Waals surface area contributed by atoms with Crippen molar-refractivity contribution in [3.63, 3.8) is 0 Å². The molecule has 0 aliphatic heterocycles. The van der Waals surface area contributed by atoms with E-state index < -0.39 is 0 Å². The standard InChI is InChI=1S/C11H22O/c1-9(11(5,6)7)12-8-10(2,3)4/h1,8H2,2-7H3. The summed E-state index contributed by atoms with van der Waals surface area (Å²) < 4.78 is 5.58. The van der Waals surface area contributed by atoms with E-state index in [9.17, 15) is 0 Å². The lowest BCUT2D eigenvalue weighted by Crippen LogP contribution is -2.19. The van der Waals surface area contributed by atoms with Crippen molar-refractivity contribution < 1.29 is 4.74 Å². The fourth-order valence-corrected chi connectivity index (χ4v) is 0.520. The number of hydrogen-bond donors (Lipinski definition) is 0. The van der Waals surface area contributed by atoms with Crippen LogP contribution in [0.2, 0.25) is 0 Å². The van der Waals surface area contributed by atoms with Crippen LogP contribution in [0.5, 0.6) is 0 Å². The molecule has 1 nitrogen and oxygen atoms in total. The Labute approximate surface area is 76.8 Å². The van der Waals surface area contributed by atoms with Crippen LogP contribution in [0.3, 0.4) is 0 Å². The maximum atomic E-state index is 5.58. The van der Waals surface area contributed by atoms with E-state index in [1.807, 2.05) is 0 Å². The Hall–Kier alpha value is -0.460. The predicted molar refractivity (Wildman–Crippen MR) is 54.0 cm³/mol. The van der Waals surface area contributed by atoms with Crippen molar-refractivity contribution in [1.29, 1.82) is 0 Å². The number of ether oxygens (including phenoxy) is 1. The molecule has 0 heterocycles. The minimum atomic E-state index is 0.0608. The zero-order chi connectivity index (χ0) is 9.99. The van der Waals surface area contributed by atoms with Gasteiger partial charge in [-0.1, -0.05) is 48.1 Å². The van der Waals surface area contributed by atoms with Crippen LogP contribution in [0.15, 0.2) is 12.3 Å². The fraction of sp³-hybridized carbons (Fsp3) is 0.818. The van der Waals surface area contributed by atoms with E-state index in [0.717, 1.165) is 12.4 Å². The van der Waals surface area contributed by atoms with Gasteiger partial charge < -0.3 is 4.74 Å². The first-order chi connectivity index (χ1) is 5.13. The van der Waals surface area contributed by atoms with E-state index in [0.29, 0.717) is 0 Å². The molecule has 0 aromatic carbocycles. The maximum absolute atomic E-state index is 5.58. The third kappa shape index (κ3) is 5.22. The van der Waals surface area contributed by atoms with E-state index in [4.69, 9.17) is 4.74 Å². The van der Waals surface area contributed by atoms with Gasteiger partial charge in [0.1, 0.15) is 0 Å². The molecule has 72 valence electrons. The molecule has 0 aliphatic rings. The molecule has 0 saturated heterocycles. The molecular formula is C11H22O. The predicted octanol–water partition coefficient (Wildman–Crippen LogP) is 3.61. The third-order valence-electron chi connectivity index (χ3n) is 1.52. The molecule has 0 saturated carbocycles. The van der Waals surface area contributed by atoms with Crippen molar-refractivity contribution in [1.82, 2.24) is 0 Å². The average molecular weight is 170 g/mol. The van der Waals surface area contributed by atoms with Crippen molar-refractivity contribution in [2.75, 3.05) is 6.61 Å². The summed E-state index contributed by atoms with van der Waals surface area (Å²) in [6.45, 7) is 17.4. The quantitative estimate of drug-likeness (QED) is 0.575. The maximum Gasteiger partial charge on any atom is 0.0941 e. The Kier molecular flexibility index (Phi) is 3.37. The Morgan fingerprint density at radius 1 is 1.08 bits per heavy atom. The zero-order valence-corrected chi connectivity index (χ0v) is 9.32. The van der Waals surface area contributed by atoms with Crippen LogP contribution in [0.4, 0.5) is 0 Å². The molecule has 0 radical (unpaired) electrons. The highest BCUT2D eigenvalue weighted by Gasteiger charge is 2.19. The highest BCUT2D eigenvalue weighted by Crippen LogP contribution is 2.26. The third-order valence-corrected chi connectivity index (χ3v) is 1.52. The first-order valence-electron chi connectivity index (χ1n) is 4.45. The Morgan fingerprint density at radius 3 is 1.75 bits per heavy atom. The summed E-state index contributed by atoms with van der Waals surface area (Å²) in [4.78, 5) is 0. The highest BCUT2D eigenvalue weighted by atomic mass is 16.5. The van der Waals surface area contributed by atoms with Gasteiger partial charge in [-0.3, -0.25) is 0 Å². The van der Waals surface area contributed by atoms with Crippen LogP contribution in [0.25, 0.3) is 0 Å². The monoisotopic (exact) mass is 170 g/mol. The van der Waals surface area contributed by atoms with Crippen molar-refractivity contribution in [3.8, 4) is 0 Å². The second-order valence-electron chi connectivity index (χ2n) is 5.52. The van der Waals surface area contributed by atoms with Crippen LogP contribution >= 0.6 is 0 Å². The van der Waals surface area contributed by atoms with Gasteiger partial charge in [-0.05, 0) is 5.41 Å². The molecule has 0 N–H and O–H groups in total. The van der Waals surface area contributed by atoms with Gasteiger partial charge in [-0.25, -0.2) is 0 Å². The smallest absolute Gasteiger partial charge is 0.0941 e. The minimum Gasteiger partial charge on any atom is -0.497 e. The van der Waals surface area contributed by atoms with Crippen LogP contribution in [0.1, 0.15) is 41.5 Å². The molecule has 0 atom stereocenters. The summed E-state index contributed by atoms with van der Waals surface area (Å²) in [5, 5.41) is 0. The molecule has 0 fully saturated rings. The largest absolute Gasteiger partial charge is 0.497 e. The molecule has 0 aromatic heterocycles. The van der Waals surface area contributed by atoms with Crippen molar-refractivity contribution in [2.45, 2.75) is 41.5 Å². The zero-order valence-electron chi connectivity index (χ0n) is 9.32. The Balaban J connectivity index is 3.90. The van der Waals surface area contributed by atoms with E-state index in [1.165, 1.54) is 0 Å². The lowest BCUT2D eigenvalue weighted by Gasteiger charge is -2.26. The van der Waals surface area contributed by atoms with Crippen molar-refractivity contribution >= 4 is 0 Å². The molecule has 0 spiro atoms. The van der Waals surface area contributed by atoms with Gasteiger partial charge in [-0.15, -0.1) is 0 Å². The van der Waals surface area contributed by atoms with Gasteiger partial charge in [0, 0.05) is 5.41 Å². The van der Waals surface area contributed by atoms with Crippen LogP contribution < -0.4 is 0 Å². The molecule has 0 unspecified atom stereocenters. The SMILES string of the molecule is C=C(OCC(C)(C)C)C(C)(C)C. The van der Waals surface area contributed by atoms with Gasteiger partial charge in [-0.2, -0.15) is 0 Å². The number of allylic oxidation sites excluding steroid dienone is 1. The van der Waals surface area contributed by atoms with E-state index in [-0.39, 0.29) is 10.8 Å². The molecule has 0 bridgehead atoms. The van der Waals surface area contributed by atoms with E-state index in [2.05, 4.69) is 48.1 Å². The highest BCUT2D eigenvalue weighted by molar-refractivity contribution is 4.96. The summed E-state index contributed by atoms with van der Waals surface area (Å²) in [6, 6.07) is 0. The molecule has 12 heavy (non-hydrogen) atoms. The van der Waals surface area contributed by atoms with E-state index in [1.54, 1.807) is 0 Å². The first kappa shape index (κ1) is 11.5. The minimum absolute atomic E-state index is 0.0608. The summed E-state index contributed by atoms with van der Waals surface area (Å²) >= 11 is 0. The second kappa shape index (κ2) is 3.51. The fourth-order valence-electron chi connectivity index (χ4n) is 0.520. The number of hydrogen-bond acceptors (Lipinski definition) is 1. The normalized spacial score (nSPS) is 12.8. The molecule has 0 aromatic rings. The summed E-state index contributed by atoms with van der Waals surface area (Å²) in [5.41, 5.74) is 0.277. The second-order valence-corrected chi connectivity index (χ2v) is 5.52. The molecular weight excluding hydrogens is 148 g/mol. The summed E-state index contributed by atoms with van der Waals surface area (Å²) in [7, 11) is 0. The Morgan fingerprint density at radius 2 is 1.50 bits per heavy atom. The van der Waals surface area contributed by atoms with Crippen LogP contribution in [-0.2, 0) is 4.74 Å². The van der Waals surface area contributed by atoms with Gasteiger partial charge in [0.05, 0.1) is 12.4 Å². The number of rotatable bonds is 2. The van der Waals surface area contributed by atoms with Gasteiger partial charge in [0.2, 0.25) is 0 Å².